The third kappa shape index (κ3) is 2.00. The van der Waals surface area contributed by atoms with E-state index in [4.69, 9.17) is 11.6 Å². The molecule has 2 nitrogen and oxygen atoms in total. The molecule has 1 aromatic carbocycles. The van der Waals surface area contributed by atoms with Gasteiger partial charge < -0.3 is 0 Å². The first kappa shape index (κ1) is 10.1. The number of benzene rings is 1. The summed E-state index contributed by atoms with van der Waals surface area (Å²) in [5, 5.41) is 0.587. The van der Waals surface area contributed by atoms with Gasteiger partial charge in [-0.1, -0.05) is 35.4 Å². The molecule has 0 saturated carbocycles. The molecule has 0 fully saturated rings. The predicted octanol–water partition coefficient (Wildman–Crippen LogP) is 3.41. The quantitative estimate of drug-likeness (QED) is 0.733. The van der Waals surface area contributed by atoms with Crippen LogP contribution in [0.25, 0.3) is 11.3 Å². The lowest BCUT2D eigenvalue weighted by Crippen LogP contribution is -1.90. The van der Waals surface area contributed by atoms with Gasteiger partial charge in [-0.3, -0.25) is 0 Å². The lowest BCUT2D eigenvalue weighted by molar-refractivity contribution is 1.17. The molecule has 2 rings (SSSR count). The second-order valence-corrected chi connectivity index (χ2v) is 3.94. The molecule has 0 radical (unpaired) electrons. The van der Waals surface area contributed by atoms with E-state index in [1.165, 1.54) is 17.5 Å². The maximum Gasteiger partial charge on any atom is 0.116 e. The second kappa shape index (κ2) is 3.99. The predicted molar refractivity (Wildman–Crippen MR) is 62.0 cm³/mol. The van der Waals surface area contributed by atoms with Crippen LogP contribution in [0.1, 0.15) is 11.1 Å². The van der Waals surface area contributed by atoms with Crippen LogP contribution in [-0.4, -0.2) is 9.97 Å². The van der Waals surface area contributed by atoms with Crippen molar-refractivity contribution in [1.82, 2.24) is 9.97 Å². The van der Waals surface area contributed by atoms with E-state index in [0.717, 1.165) is 11.3 Å². The SMILES string of the molecule is Cc1ccc(-c2ncncc2Cl)c(C)c1. The van der Waals surface area contributed by atoms with Crippen molar-refractivity contribution in [3.8, 4) is 11.3 Å². The molecule has 0 amide bonds. The number of aromatic nitrogens is 2. The van der Waals surface area contributed by atoms with Gasteiger partial charge in [0.1, 0.15) is 6.33 Å². The Hall–Kier alpha value is -1.41. The van der Waals surface area contributed by atoms with Gasteiger partial charge in [0.05, 0.1) is 10.7 Å². The molecule has 2 aromatic rings. The first-order chi connectivity index (χ1) is 7.18. The topological polar surface area (TPSA) is 25.8 Å². The molecule has 1 aromatic heterocycles. The van der Waals surface area contributed by atoms with Crippen molar-refractivity contribution in [1.29, 1.82) is 0 Å². The second-order valence-electron chi connectivity index (χ2n) is 3.54. The average molecular weight is 219 g/mol. The molecule has 0 saturated heterocycles. The Morgan fingerprint density at radius 3 is 2.67 bits per heavy atom. The molecular weight excluding hydrogens is 208 g/mol. The first-order valence-corrected chi connectivity index (χ1v) is 5.09. The lowest BCUT2D eigenvalue weighted by atomic mass is 10.0. The normalized spacial score (nSPS) is 10.3. The van der Waals surface area contributed by atoms with Gasteiger partial charge in [-0.25, -0.2) is 9.97 Å². The third-order valence-electron chi connectivity index (χ3n) is 2.30. The highest BCUT2D eigenvalue weighted by Crippen LogP contribution is 2.27. The molecule has 0 unspecified atom stereocenters. The minimum atomic E-state index is 0.587. The lowest BCUT2D eigenvalue weighted by Gasteiger charge is -2.07. The van der Waals surface area contributed by atoms with Crippen molar-refractivity contribution >= 4 is 11.6 Å². The molecule has 0 bridgehead atoms. The highest BCUT2D eigenvalue weighted by Gasteiger charge is 2.07. The molecule has 0 atom stereocenters. The zero-order chi connectivity index (χ0) is 10.8. The summed E-state index contributed by atoms with van der Waals surface area (Å²) in [5.74, 6) is 0. The van der Waals surface area contributed by atoms with Crippen LogP contribution in [0.4, 0.5) is 0 Å². The van der Waals surface area contributed by atoms with E-state index < -0.39 is 0 Å². The molecule has 1 heterocycles. The highest BCUT2D eigenvalue weighted by molar-refractivity contribution is 6.32. The van der Waals surface area contributed by atoms with E-state index in [2.05, 4.69) is 35.9 Å². The molecule has 15 heavy (non-hydrogen) atoms. The summed E-state index contributed by atoms with van der Waals surface area (Å²) < 4.78 is 0. The Bertz CT molecular complexity index is 495. The minimum absolute atomic E-state index is 0.587. The van der Waals surface area contributed by atoms with Gasteiger partial charge in [0.25, 0.3) is 0 Å². The van der Waals surface area contributed by atoms with Crippen molar-refractivity contribution in [2.75, 3.05) is 0 Å². The maximum absolute atomic E-state index is 6.05. The summed E-state index contributed by atoms with van der Waals surface area (Å²) in [7, 11) is 0. The van der Waals surface area contributed by atoms with E-state index in [0.29, 0.717) is 5.02 Å². The van der Waals surface area contributed by atoms with Crippen LogP contribution in [0.15, 0.2) is 30.7 Å². The van der Waals surface area contributed by atoms with Crippen molar-refractivity contribution in [3.63, 3.8) is 0 Å². The number of hydrogen-bond donors (Lipinski definition) is 0. The standard InChI is InChI=1S/C12H11ClN2/c1-8-3-4-10(9(2)5-8)12-11(13)6-14-7-15-12/h3-7H,1-2H3. The van der Waals surface area contributed by atoms with Crippen LogP contribution in [0, 0.1) is 13.8 Å². The number of hydrogen-bond acceptors (Lipinski definition) is 2. The Balaban J connectivity index is 2.60. The van der Waals surface area contributed by atoms with E-state index in [9.17, 15) is 0 Å². The minimum Gasteiger partial charge on any atom is -0.243 e. The van der Waals surface area contributed by atoms with Gasteiger partial charge in [0, 0.05) is 11.8 Å². The van der Waals surface area contributed by atoms with Crippen LogP contribution >= 0.6 is 11.6 Å². The van der Waals surface area contributed by atoms with Crippen molar-refractivity contribution in [3.05, 3.63) is 46.9 Å². The zero-order valence-electron chi connectivity index (χ0n) is 8.66. The molecule has 0 aliphatic heterocycles. The van der Waals surface area contributed by atoms with Crippen LogP contribution in [0.3, 0.4) is 0 Å². The number of rotatable bonds is 1. The van der Waals surface area contributed by atoms with Crippen molar-refractivity contribution in [2.45, 2.75) is 13.8 Å². The monoisotopic (exact) mass is 218 g/mol. The van der Waals surface area contributed by atoms with Gasteiger partial charge in [0.2, 0.25) is 0 Å². The summed E-state index contributed by atoms with van der Waals surface area (Å²) in [4.78, 5) is 8.07. The first-order valence-electron chi connectivity index (χ1n) is 4.71. The van der Waals surface area contributed by atoms with E-state index in [1.54, 1.807) is 6.20 Å². The molecule has 0 spiro atoms. The summed E-state index contributed by atoms with van der Waals surface area (Å²) >= 11 is 6.05. The zero-order valence-corrected chi connectivity index (χ0v) is 9.42. The summed E-state index contributed by atoms with van der Waals surface area (Å²) in [6.07, 6.45) is 3.13. The summed E-state index contributed by atoms with van der Waals surface area (Å²) in [6, 6.07) is 6.22. The highest BCUT2D eigenvalue weighted by atomic mass is 35.5. The van der Waals surface area contributed by atoms with Gasteiger partial charge in [0.15, 0.2) is 0 Å². The number of halogens is 1. The summed E-state index contributed by atoms with van der Waals surface area (Å²) in [5.41, 5.74) is 4.27. The smallest absolute Gasteiger partial charge is 0.116 e. The van der Waals surface area contributed by atoms with Crippen LogP contribution in [-0.2, 0) is 0 Å². The Morgan fingerprint density at radius 2 is 2.00 bits per heavy atom. The van der Waals surface area contributed by atoms with Crippen molar-refractivity contribution in [2.24, 2.45) is 0 Å². The molecule has 0 aliphatic carbocycles. The Kier molecular flexibility index (Phi) is 2.69. The van der Waals surface area contributed by atoms with Gasteiger partial charge in [-0.2, -0.15) is 0 Å². The van der Waals surface area contributed by atoms with E-state index in [-0.39, 0.29) is 0 Å². The third-order valence-corrected chi connectivity index (χ3v) is 2.58. The van der Waals surface area contributed by atoms with Gasteiger partial charge in [-0.05, 0) is 19.4 Å². The largest absolute Gasteiger partial charge is 0.243 e. The molecule has 3 heteroatoms. The fraction of sp³-hybridized carbons (Fsp3) is 0.167. The fourth-order valence-corrected chi connectivity index (χ4v) is 1.80. The molecule has 0 N–H and O–H groups in total. The Labute approximate surface area is 94.0 Å². The van der Waals surface area contributed by atoms with Gasteiger partial charge >= 0.3 is 0 Å². The molecular formula is C12H11ClN2. The van der Waals surface area contributed by atoms with Crippen LogP contribution in [0.5, 0.6) is 0 Å². The molecule has 76 valence electrons. The fourth-order valence-electron chi connectivity index (χ4n) is 1.59. The number of aryl methyl sites for hydroxylation is 2. The Morgan fingerprint density at radius 1 is 1.20 bits per heavy atom. The van der Waals surface area contributed by atoms with E-state index in [1.807, 2.05) is 6.07 Å². The molecule has 0 aliphatic rings. The average Bonchev–Trinajstić information content (AvgIpc) is 2.20. The van der Waals surface area contributed by atoms with Gasteiger partial charge in [-0.15, -0.1) is 0 Å². The van der Waals surface area contributed by atoms with E-state index >= 15 is 0 Å². The van der Waals surface area contributed by atoms with Crippen LogP contribution < -0.4 is 0 Å². The van der Waals surface area contributed by atoms with Crippen molar-refractivity contribution < 1.29 is 0 Å². The maximum atomic E-state index is 6.05. The number of nitrogens with zero attached hydrogens (tertiary/aromatic N) is 2. The van der Waals surface area contributed by atoms with Crippen LogP contribution in [0.2, 0.25) is 5.02 Å². The summed E-state index contributed by atoms with van der Waals surface area (Å²) in [6.45, 7) is 4.12.